The van der Waals surface area contributed by atoms with E-state index < -0.39 is 0 Å². The Morgan fingerprint density at radius 3 is 1.85 bits per heavy atom. The van der Waals surface area contributed by atoms with Crippen LogP contribution in [0.5, 0.6) is 0 Å². The third-order valence-corrected chi connectivity index (χ3v) is 6.35. The maximum absolute atomic E-state index is 2.47. The van der Waals surface area contributed by atoms with Crippen LogP contribution in [0.2, 0.25) is 0 Å². The third-order valence-electron chi connectivity index (χ3n) is 4.64. The van der Waals surface area contributed by atoms with Crippen molar-refractivity contribution in [2.24, 2.45) is 5.92 Å². The first-order valence-corrected chi connectivity index (χ1v) is 9.45. The van der Waals surface area contributed by atoms with Crippen molar-refractivity contribution in [2.45, 2.75) is 71.6 Å². The second-order valence-electron chi connectivity index (χ2n) is 6.95. The van der Waals surface area contributed by atoms with Gasteiger partial charge in [-0.3, -0.25) is 0 Å². The van der Waals surface area contributed by atoms with Crippen molar-refractivity contribution in [1.29, 1.82) is 0 Å². The Hall–Kier alpha value is -0.0269. The van der Waals surface area contributed by atoms with Gasteiger partial charge in [-0.15, -0.1) is 0 Å². The van der Waals surface area contributed by atoms with Crippen molar-refractivity contribution in [2.75, 3.05) is 0 Å². The monoisotopic (exact) mass is 346 g/mol. The molecule has 106 valence electrons. The molecule has 20 heavy (non-hydrogen) atoms. The van der Waals surface area contributed by atoms with Crippen LogP contribution in [0.25, 0.3) is 0 Å². The van der Waals surface area contributed by atoms with Gasteiger partial charge in [0.1, 0.15) is 0 Å². The Kier molecular flexibility index (Phi) is 5.97. The van der Waals surface area contributed by atoms with Crippen LogP contribution in [0.3, 0.4) is 0 Å². The van der Waals surface area contributed by atoms with E-state index in [-0.39, 0.29) is 0 Å². The van der Waals surface area contributed by atoms with E-state index in [2.05, 4.69) is 45.9 Å². The molecule has 0 saturated heterocycles. The van der Waals surface area contributed by atoms with E-state index in [9.17, 15) is 0 Å². The summed E-state index contributed by atoms with van der Waals surface area (Å²) in [6.45, 7) is 9.25. The molecule has 0 radical (unpaired) electrons. The molecule has 1 aliphatic rings. The van der Waals surface area contributed by atoms with Crippen LogP contribution >= 0.6 is 0 Å². The summed E-state index contributed by atoms with van der Waals surface area (Å²) in [5.41, 5.74) is 4.58. The molecule has 0 amide bonds. The van der Waals surface area contributed by atoms with E-state index in [0.717, 1.165) is 5.92 Å². The predicted octanol–water partition coefficient (Wildman–Crippen LogP) is 5.58. The number of rotatable bonds is 4. The van der Waals surface area contributed by atoms with E-state index in [1.807, 2.05) is 0 Å². The summed E-state index contributed by atoms with van der Waals surface area (Å²) >= 11 is 1.63. The molecule has 1 fully saturated rings. The summed E-state index contributed by atoms with van der Waals surface area (Å²) in [7, 11) is 0. The van der Waals surface area contributed by atoms with Crippen LogP contribution in [0, 0.1) is 5.92 Å². The van der Waals surface area contributed by atoms with Crippen LogP contribution < -0.4 is 0 Å². The molecule has 0 spiro atoms. The molecule has 0 bridgehead atoms. The SMILES string of the molecule is CC(C)c1cc([C](=[Zr+2])C2CCCCC2)cc(C(C)C)c1. The van der Waals surface area contributed by atoms with Crippen molar-refractivity contribution in [3.63, 3.8) is 0 Å². The Labute approximate surface area is 139 Å². The fourth-order valence-corrected chi connectivity index (χ4v) is 4.19. The summed E-state index contributed by atoms with van der Waals surface area (Å²) in [6, 6.07) is 7.35. The first-order valence-electron chi connectivity index (χ1n) is 8.22. The average Bonchev–Trinajstić information content (AvgIpc) is 2.46. The molecule has 1 saturated carbocycles. The van der Waals surface area contributed by atoms with Gasteiger partial charge in [0.2, 0.25) is 0 Å². The third kappa shape index (κ3) is 4.00. The Morgan fingerprint density at radius 2 is 1.40 bits per heavy atom. The number of hydrogen-bond acceptors (Lipinski definition) is 0. The van der Waals surface area contributed by atoms with E-state index in [0.29, 0.717) is 11.8 Å². The van der Waals surface area contributed by atoms with Crippen LogP contribution in [-0.4, -0.2) is 3.21 Å². The van der Waals surface area contributed by atoms with Gasteiger partial charge in [-0.2, -0.15) is 0 Å². The predicted molar refractivity (Wildman–Crippen MR) is 85.3 cm³/mol. The summed E-state index contributed by atoms with van der Waals surface area (Å²) < 4.78 is 1.72. The van der Waals surface area contributed by atoms with Gasteiger partial charge >= 0.3 is 140 Å². The molecule has 0 aliphatic heterocycles. The number of hydrogen-bond donors (Lipinski definition) is 0. The van der Waals surface area contributed by atoms with Gasteiger partial charge in [0, 0.05) is 0 Å². The Bertz CT molecular complexity index is 438. The Morgan fingerprint density at radius 1 is 0.900 bits per heavy atom. The van der Waals surface area contributed by atoms with E-state index in [4.69, 9.17) is 0 Å². The molecule has 0 atom stereocenters. The van der Waals surface area contributed by atoms with Crippen LogP contribution in [0.1, 0.15) is 88.3 Å². The van der Waals surface area contributed by atoms with Gasteiger partial charge in [-0.05, 0) is 0 Å². The number of benzene rings is 1. The molecular formula is C19H28Zr+2. The quantitative estimate of drug-likeness (QED) is 0.667. The van der Waals surface area contributed by atoms with Crippen molar-refractivity contribution in [3.8, 4) is 0 Å². The molecular weight excluding hydrogens is 319 g/mol. The van der Waals surface area contributed by atoms with Gasteiger partial charge in [-0.25, -0.2) is 0 Å². The van der Waals surface area contributed by atoms with Gasteiger partial charge in [0.05, 0.1) is 0 Å². The molecule has 1 aliphatic carbocycles. The average molecular weight is 348 g/mol. The summed E-state index contributed by atoms with van der Waals surface area (Å²) in [4.78, 5) is 0. The van der Waals surface area contributed by atoms with Crippen molar-refractivity contribution >= 4 is 3.21 Å². The zero-order chi connectivity index (χ0) is 14.7. The molecule has 0 unspecified atom stereocenters. The normalized spacial score (nSPS) is 17.0. The molecule has 1 aromatic carbocycles. The summed E-state index contributed by atoms with van der Waals surface area (Å²) in [5.74, 6) is 2.12. The fraction of sp³-hybridized carbons (Fsp3) is 0.632. The molecule has 0 nitrogen and oxygen atoms in total. The standard InChI is InChI=1S/C19H28.Zr/c1-14(2)18-11-17(12-19(13-18)15(3)4)10-16-8-6-5-7-9-16;/h11-16H,5-9H2,1-4H3;/q;+2. The molecule has 2 rings (SSSR count). The maximum atomic E-state index is 2.47. The molecule has 0 N–H and O–H groups in total. The second-order valence-corrected chi connectivity index (χ2v) is 8.27. The van der Waals surface area contributed by atoms with E-state index >= 15 is 0 Å². The molecule has 1 heteroatoms. The van der Waals surface area contributed by atoms with Crippen molar-refractivity contribution in [3.05, 3.63) is 34.9 Å². The van der Waals surface area contributed by atoms with Gasteiger partial charge in [0.25, 0.3) is 0 Å². The summed E-state index contributed by atoms with van der Waals surface area (Å²) in [5, 5.41) is 0. The van der Waals surface area contributed by atoms with Gasteiger partial charge in [-0.1, -0.05) is 0 Å². The van der Waals surface area contributed by atoms with Crippen LogP contribution in [0.4, 0.5) is 0 Å². The fourth-order valence-electron chi connectivity index (χ4n) is 3.13. The van der Waals surface area contributed by atoms with Crippen LogP contribution in [-0.2, 0) is 24.2 Å². The minimum absolute atomic E-state index is 0.627. The molecule has 0 heterocycles. The van der Waals surface area contributed by atoms with Crippen molar-refractivity contribution < 1.29 is 24.2 Å². The van der Waals surface area contributed by atoms with Crippen molar-refractivity contribution in [1.82, 2.24) is 0 Å². The Balaban J connectivity index is 2.31. The van der Waals surface area contributed by atoms with Gasteiger partial charge < -0.3 is 0 Å². The van der Waals surface area contributed by atoms with Crippen LogP contribution in [0.15, 0.2) is 18.2 Å². The zero-order valence-electron chi connectivity index (χ0n) is 13.5. The summed E-state index contributed by atoms with van der Waals surface area (Å²) in [6.07, 6.45) is 7.16. The topological polar surface area (TPSA) is 0 Å². The molecule has 0 aromatic heterocycles. The zero-order valence-corrected chi connectivity index (χ0v) is 16.0. The van der Waals surface area contributed by atoms with Gasteiger partial charge in [0.15, 0.2) is 0 Å². The minimum atomic E-state index is 0.627. The van der Waals surface area contributed by atoms with E-state index in [1.54, 1.807) is 33.0 Å². The molecule has 1 aromatic rings. The first-order chi connectivity index (χ1) is 9.49. The first kappa shape index (κ1) is 16.3. The second kappa shape index (κ2) is 7.30. The van der Waals surface area contributed by atoms with E-state index in [1.165, 1.54) is 43.2 Å².